The molecule has 23 heavy (non-hydrogen) atoms. The minimum atomic E-state index is 0. The van der Waals surface area contributed by atoms with Crippen molar-refractivity contribution < 1.29 is 4.79 Å². The van der Waals surface area contributed by atoms with E-state index in [-0.39, 0.29) is 36.8 Å². The molecular formula is C15H20Cl2N4OS. The first-order chi connectivity index (χ1) is 10.2. The molecule has 0 saturated carbocycles. The Kier molecular flexibility index (Phi) is 7.91. The van der Waals surface area contributed by atoms with Crippen molar-refractivity contribution in [2.75, 3.05) is 5.32 Å². The lowest BCUT2D eigenvalue weighted by atomic mass is 9.99. The van der Waals surface area contributed by atoms with Gasteiger partial charge >= 0.3 is 0 Å². The zero-order chi connectivity index (χ0) is 14.7. The van der Waals surface area contributed by atoms with Gasteiger partial charge in [-0.3, -0.25) is 9.78 Å². The number of pyridine rings is 1. The van der Waals surface area contributed by atoms with Gasteiger partial charge in [0.2, 0.25) is 5.91 Å². The normalized spacial score (nSPS) is 15.8. The third-order valence-electron chi connectivity index (χ3n) is 3.61. The van der Waals surface area contributed by atoms with Crippen LogP contribution in [-0.2, 0) is 24.1 Å². The van der Waals surface area contributed by atoms with Crippen LogP contribution in [0, 0.1) is 0 Å². The average molecular weight is 375 g/mol. The van der Waals surface area contributed by atoms with Crippen LogP contribution < -0.4 is 11.1 Å². The minimum Gasteiger partial charge on any atom is -0.327 e. The first-order valence-corrected chi connectivity index (χ1v) is 7.95. The summed E-state index contributed by atoms with van der Waals surface area (Å²) in [7, 11) is 0. The van der Waals surface area contributed by atoms with Crippen LogP contribution in [0.25, 0.3) is 0 Å². The molecule has 0 aliphatic heterocycles. The van der Waals surface area contributed by atoms with E-state index < -0.39 is 0 Å². The predicted octanol–water partition coefficient (Wildman–Crippen LogP) is 2.77. The first-order valence-electron chi connectivity index (χ1n) is 7.13. The van der Waals surface area contributed by atoms with Gasteiger partial charge in [-0.25, -0.2) is 4.98 Å². The van der Waals surface area contributed by atoms with Crippen molar-refractivity contribution >= 4 is 47.2 Å². The third kappa shape index (κ3) is 5.42. The summed E-state index contributed by atoms with van der Waals surface area (Å²) in [6.07, 6.45) is 7.42. The molecule has 2 aromatic heterocycles. The fourth-order valence-corrected chi connectivity index (χ4v) is 3.56. The Hall–Kier alpha value is -1.21. The van der Waals surface area contributed by atoms with Crippen molar-refractivity contribution in [3.05, 3.63) is 40.7 Å². The van der Waals surface area contributed by atoms with Crippen molar-refractivity contribution in [2.24, 2.45) is 5.73 Å². The molecule has 3 rings (SSSR count). The summed E-state index contributed by atoms with van der Waals surface area (Å²) in [5.74, 6) is 0.00204. The average Bonchev–Trinajstić information content (AvgIpc) is 2.87. The van der Waals surface area contributed by atoms with Crippen LogP contribution in [0.1, 0.15) is 29.0 Å². The molecule has 0 bridgehead atoms. The maximum absolute atomic E-state index is 12.0. The number of thiazole rings is 1. The van der Waals surface area contributed by atoms with E-state index in [1.54, 1.807) is 23.7 Å². The van der Waals surface area contributed by atoms with Crippen molar-refractivity contribution in [3.8, 4) is 0 Å². The summed E-state index contributed by atoms with van der Waals surface area (Å²) in [6, 6.07) is 4.08. The SMILES string of the molecule is Cl.Cl.N[C@H]1CCc2nc(NC(=O)CCc3ccncc3)sc2C1. The topological polar surface area (TPSA) is 80.9 Å². The number of rotatable bonds is 4. The van der Waals surface area contributed by atoms with E-state index in [1.807, 2.05) is 12.1 Å². The quantitative estimate of drug-likeness (QED) is 0.861. The van der Waals surface area contributed by atoms with E-state index >= 15 is 0 Å². The predicted molar refractivity (Wildman–Crippen MR) is 97.8 cm³/mol. The Balaban J connectivity index is 0.00000132. The van der Waals surface area contributed by atoms with Crippen LogP contribution in [-0.4, -0.2) is 21.9 Å². The summed E-state index contributed by atoms with van der Waals surface area (Å²) in [5, 5.41) is 3.60. The molecule has 3 N–H and O–H groups in total. The van der Waals surface area contributed by atoms with Gasteiger partial charge < -0.3 is 11.1 Å². The van der Waals surface area contributed by atoms with Gasteiger partial charge in [-0.1, -0.05) is 0 Å². The lowest BCUT2D eigenvalue weighted by Gasteiger charge is -2.15. The van der Waals surface area contributed by atoms with Crippen molar-refractivity contribution in [3.63, 3.8) is 0 Å². The number of aromatic nitrogens is 2. The number of anilines is 1. The van der Waals surface area contributed by atoms with Gasteiger partial charge in [0.25, 0.3) is 0 Å². The molecule has 2 aromatic rings. The van der Waals surface area contributed by atoms with Crippen LogP contribution >= 0.6 is 36.2 Å². The first kappa shape index (κ1) is 19.8. The van der Waals surface area contributed by atoms with E-state index in [0.717, 1.165) is 30.5 Å². The lowest BCUT2D eigenvalue weighted by molar-refractivity contribution is -0.116. The number of halogens is 2. The second kappa shape index (κ2) is 9.17. The van der Waals surface area contributed by atoms with Gasteiger partial charge in [0.1, 0.15) is 0 Å². The van der Waals surface area contributed by atoms with Gasteiger partial charge in [0, 0.05) is 29.7 Å². The van der Waals surface area contributed by atoms with Crippen LogP contribution in [0.4, 0.5) is 5.13 Å². The van der Waals surface area contributed by atoms with Crippen LogP contribution in [0.3, 0.4) is 0 Å². The zero-order valence-electron chi connectivity index (χ0n) is 12.5. The highest BCUT2D eigenvalue weighted by atomic mass is 35.5. The molecular weight excluding hydrogens is 355 g/mol. The molecule has 0 unspecified atom stereocenters. The molecule has 0 fully saturated rings. The summed E-state index contributed by atoms with van der Waals surface area (Å²) in [6.45, 7) is 0. The highest BCUT2D eigenvalue weighted by molar-refractivity contribution is 7.15. The van der Waals surface area contributed by atoms with Gasteiger partial charge in [-0.05, 0) is 43.4 Å². The zero-order valence-corrected chi connectivity index (χ0v) is 15.0. The number of carbonyl (C=O) groups is 1. The van der Waals surface area contributed by atoms with Gasteiger partial charge in [-0.15, -0.1) is 36.2 Å². The van der Waals surface area contributed by atoms with Crippen molar-refractivity contribution in [2.45, 2.75) is 38.1 Å². The molecule has 0 spiro atoms. The van der Waals surface area contributed by atoms with Crippen molar-refractivity contribution in [1.82, 2.24) is 9.97 Å². The molecule has 126 valence electrons. The summed E-state index contributed by atoms with van der Waals surface area (Å²) in [4.78, 5) is 21.7. The molecule has 1 aliphatic rings. The van der Waals surface area contributed by atoms with E-state index in [9.17, 15) is 4.79 Å². The van der Waals surface area contributed by atoms with E-state index in [0.29, 0.717) is 18.0 Å². The number of nitrogens with one attached hydrogen (secondary N) is 1. The molecule has 2 heterocycles. The number of nitrogens with two attached hydrogens (primary N) is 1. The Bertz CT molecular complexity index is 636. The van der Waals surface area contributed by atoms with Crippen LogP contribution in [0.5, 0.6) is 0 Å². The van der Waals surface area contributed by atoms with Gasteiger partial charge in [-0.2, -0.15) is 0 Å². The van der Waals surface area contributed by atoms with E-state index in [2.05, 4.69) is 15.3 Å². The second-order valence-corrected chi connectivity index (χ2v) is 6.38. The molecule has 0 saturated heterocycles. The molecule has 0 radical (unpaired) electrons. The monoisotopic (exact) mass is 374 g/mol. The summed E-state index contributed by atoms with van der Waals surface area (Å²) >= 11 is 1.56. The smallest absolute Gasteiger partial charge is 0.226 e. The molecule has 1 amide bonds. The van der Waals surface area contributed by atoms with Crippen LogP contribution in [0.15, 0.2) is 24.5 Å². The van der Waals surface area contributed by atoms with Crippen LogP contribution in [0.2, 0.25) is 0 Å². The fraction of sp³-hybridized carbons (Fsp3) is 0.400. The van der Waals surface area contributed by atoms with Crippen molar-refractivity contribution in [1.29, 1.82) is 0 Å². The molecule has 1 aliphatic carbocycles. The minimum absolute atomic E-state index is 0. The summed E-state index contributed by atoms with van der Waals surface area (Å²) < 4.78 is 0. The number of hydrogen-bond acceptors (Lipinski definition) is 5. The molecule has 0 aromatic carbocycles. The maximum Gasteiger partial charge on any atom is 0.226 e. The molecule has 1 atom stereocenters. The standard InChI is InChI=1S/C15H18N4OS.2ClH/c16-11-2-3-12-13(9-11)21-15(18-12)19-14(20)4-1-10-5-7-17-8-6-10;;/h5-8,11H,1-4,9,16H2,(H,18,19,20);2*1H/t11-;;/m0../s1. The molecule has 8 heteroatoms. The summed E-state index contributed by atoms with van der Waals surface area (Å²) in [5.41, 5.74) is 8.18. The Morgan fingerprint density at radius 1 is 1.35 bits per heavy atom. The maximum atomic E-state index is 12.0. The Morgan fingerprint density at radius 2 is 2.09 bits per heavy atom. The highest BCUT2D eigenvalue weighted by Gasteiger charge is 2.20. The highest BCUT2D eigenvalue weighted by Crippen LogP contribution is 2.29. The Labute approximate surface area is 151 Å². The fourth-order valence-electron chi connectivity index (χ4n) is 2.44. The Morgan fingerprint density at radius 3 is 2.83 bits per heavy atom. The number of amides is 1. The number of aryl methyl sites for hydroxylation is 2. The van der Waals surface area contributed by atoms with Gasteiger partial charge in [0.15, 0.2) is 5.13 Å². The van der Waals surface area contributed by atoms with E-state index in [1.165, 1.54) is 4.88 Å². The lowest BCUT2D eigenvalue weighted by Crippen LogP contribution is -2.27. The molecule has 5 nitrogen and oxygen atoms in total. The number of fused-ring (bicyclic) bond motifs is 1. The number of hydrogen-bond donors (Lipinski definition) is 2. The van der Waals surface area contributed by atoms with Gasteiger partial charge in [0.05, 0.1) is 5.69 Å². The third-order valence-corrected chi connectivity index (χ3v) is 4.65. The van der Waals surface area contributed by atoms with E-state index in [4.69, 9.17) is 5.73 Å². The number of carbonyl (C=O) groups excluding carboxylic acids is 1. The second-order valence-electron chi connectivity index (χ2n) is 5.30. The largest absolute Gasteiger partial charge is 0.327 e. The number of nitrogens with zero attached hydrogens (tertiary/aromatic N) is 2.